The molecule has 4 nitrogen and oxygen atoms in total. The van der Waals surface area contributed by atoms with Gasteiger partial charge in [0.05, 0.1) is 12.2 Å². The van der Waals surface area contributed by atoms with Crippen molar-refractivity contribution in [2.24, 2.45) is 0 Å². The summed E-state index contributed by atoms with van der Waals surface area (Å²) in [4.78, 5) is 14.5. The Kier molecular flexibility index (Phi) is 4.98. The lowest BCUT2D eigenvalue weighted by Crippen LogP contribution is -2.53. The summed E-state index contributed by atoms with van der Waals surface area (Å²) < 4.78 is 5.79. The number of fused-ring (bicyclic) bond motifs is 1. The highest BCUT2D eigenvalue weighted by atomic mass is 16.5. The number of ether oxygens (including phenoxy) is 1. The zero-order chi connectivity index (χ0) is 17.9. The van der Waals surface area contributed by atoms with Crippen LogP contribution in [0.5, 0.6) is 5.75 Å². The Bertz CT molecular complexity index is 742. The van der Waals surface area contributed by atoms with Crippen molar-refractivity contribution in [2.45, 2.75) is 38.8 Å². The predicted octanol–water partition coefficient (Wildman–Crippen LogP) is 4.63. The topological polar surface area (TPSA) is 41.6 Å². The van der Waals surface area contributed by atoms with Crippen LogP contribution >= 0.6 is 0 Å². The second-order valence-corrected chi connectivity index (χ2v) is 6.69. The number of amides is 1. The van der Waals surface area contributed by atoms with Gasteiger partial charge in [-0.15, -0.1) is 0 Å². The van der Waals surface area contributed by atoms with Gasteiger partial charge in [-0.05, 0) is 43.2 Å². The van der Waals surface area contributed by atoms with Crippen molar-refractivity contribution in [2.75, 3.05) is 19.0 Å². The summed E-state index contributed by atoms with van der Waals surface area (Å²) in [6.45, 7) is 4.95. The first-order valence-electron chi connectivity index (χ1n) is 8.95. The molecule has 0 fully saturated rings. The molecule has 0 radical (unpaired) electrons. The third kappa shape index (κ3) is 3.34. The van der Waals surface area contributed by atoms with Gasteiger partial charge in [-0.2, -0.15) is 0 Å². The maximum Gasteiger partial charge on any atom is 0.257 e. The SMILES string of the molecule is CCCCCOc1ccc(C2(C)Nc3ccccc3C(=O)N2C)cc1. The third-order valence-corrected chi connectivity index (χ3v) is 4.94. The maximum absolute atomic E-state index is 12.7. The second-order valence-electron chi connectivity index (χ2n) is 6.69. The molecule has 1 atom stereocenters. The van der Waals surface area contributed by atoms with E-state index in [-0.39, 0.29) is 5.91 Å². The van der Waals surface area contributed by atoms with Gasteiger partial charge in [0.15, 0.2) is 0 Å². The van der Waals surface area contributed by atoms with Gasteiger partial charge in [0.1, 0.15) is 11.4 Å². The monoisotopic (exact) mass is 338 g/mol. The van der Waals surface area contributed by atoms with Crippen LogP contribution in [0.1, 0.15) is 49.0 Å². The van der Waals surface area contributed by atoms with Gasteiger partial charge in [-0.3, -0.25) is 4.79 Å². The number of hydrogen-bond donors (Lipinski definition) is 1. The molecule has 25 heavy (non-hydrogen) atoms. The minimum Gasteiger partial charge on any atom is -0.494 e. The predicted molar refractivity (Wildman–Crippen MR) is 101 cm³/mol. The first-order valence-corrected chi connectivity index (χ1v) is 8.95. The van der Waals surface area contributed by atoms with Crippen LogP contribution in [-0.2, 0) is 5.66 Å². The molecule has 0 aliphatic carbocycles. The fourth-order valence-electron chi connectivity index (χ4n) is 3.19. The molecule has 1 heterocycles. The summed E-state index contributed by atoms with van der Waals surface area (Å²) in [6, 6.07) is 15.6. The molecule has 0 spiro atoms. The Hall–Kier alpha value is -2.49. The van der Waals surface area contributed by atoms with Crippen molar-refractivity contribution in [1.82, 2.24) is 4.90 Å². The van der Waals surface area contributed by atoms with Crippen molar-refractivity contribution in [3.8, 4) is 5.75 Å². The quantitative estimate of drug-likeness (QED) is 0.781. The van der Waals surface area contributed by atoms with E-state index in [4.69, 9.17) is 4.74 Å². The third-order valence-electron chi connectivity index (χ3n) is 4.94. The van der Waals surface area contributed by atoms with E-state index in [1.54, 1.807) is 4.90 Å². The van der Waals surface area contributed by atoms with Gasteiger partial charge >= 0.3 is 0 Å². The Morgan fingerprint density at radius 1 is 1.08 bits per heavy atom. The normalized spacial score (nSPS) is 19.3. The van der Waals surface area contributed by atoms with Crippen molar-refractivity contribution in [3.63, 3.8) is 0 Å². The lowest BCUT2D eigenvalue weighted by molar-refractivity contribution is 0.0615. The van der Waals surface area contributed by atoms with Crippen LogP contribution in [0, 0.1) is 0 Å². The summed E-state index contributed by atoms with van der Waals surface area (Å²) in [5.74, 6) is 0.894. The summed E-state index contributed by atoms with van der Waals surface area (Å²) in [5.41, 5.74) is 2.01. The number of benzene rings is 2. The second kappa shape index (κ2) is 7.18. The van der Waals surface area contributed by atoms with E-state index in [0.717, 1.165) is 30.0 Å². The Labute approximate surface area is 149 Å². The number of carbonyl (C=O) groups is 1. The van der Waals surface area contributed by atoms with E-state index in [9.17, 15) is 4.79 Å². The van der Waals surface area contributed by atoms with Gasteiger partial charge in [0.2, 0.25) is 0 Å². The van der Waals surface area contributed by atoms with Crippen molar-refractivity contribution >= 4 is 11.6 Å². The molecule has 1 N–H and O–H groups in total. The number of nitrogens with one attached hydrogen (secondary N) is 1. The Balaban J connectivity index is 1.80. The average Bonchev–Trinajstić information content (AvgIpc) is 2.64. The van der Waals surface area contributed by atoms with E-state index in [0.29, 0.717) is 5.56 Å². The number of nitrogens with zero attached hydrogens (tertiary/aromatic N) is 1. The van der Waals surface area contributed by atoms with Crippen molar-refractivity contribution < 1.29 is 9.53 Å². The van der Waals surface area contributed by atoms with E-state index in [2.05, 4.69) is 12.2 Å². The largest absolute Gasteiger partial charge is 0.494 e. The molecule has 0 saturated heterocycles. The maximum atomic E-state index is 12.7. The fourth-order valence-corrected chi connectivity index (χ4v) is 3.19. The Morgan fingerprint density at radius 3 is 2.52 bits per heavy atom. The molecule has 1 aliphatic rings. The van der Waals surface area contributed by atoms with Gasteiger partial charge < -0.3 is 15.0 Å². The number of para-hydroxylation sites is 1. The van der Waals surface area contributed by atoms with Crippen LogP contribution in [0.15, 0.2) is 48.5 Å². The van der Waals surface area contributed by atoms with Crippen LogP contribution < -0.4 is 10.1 Å². The summed E-state index contributed by atoms with van der Waals surface area (Å²) in [5, 5.41) is 3.51. The number of unbranched alkanes of at least 4 members (excludes halogenated alkanes) is 2. The standard InChI is InChI=1S/C21H26N2O2/c1-4-5-8-15-25-17-13-11-16(12-14-17)21(2)22-19-10-7-6-9-18(19)20(24)23(21)3/h6-7,9-14,22H,4-5,8,15H2,1-3H3. The van der Waals surface area contributed by atoms with Crippen LogP contribution in [-0.4, -0.2) is 24.5 Å². The number of hydrogen-bond acceptors (Lipinski definition) is 3. The highest BCUT2D eigenvalue weighted by Crippen LogP contribution is 2.37. The average molecular weight is 338 g/mol. The molecule has 1 amide bonds. The van der Waals surface area contributed by atoms with Crippen LogP contribution in [0.4, 0.5) is 5.69 Å². The number of rotatable bonds is 6. The van der Waals surface area contributed by atoms with Crippen LogP contribution in [0.2, 0.25) is 0 Å². The summed E-state index contributed by atoms with van der Waals surface area (Å²) in [6.07, 6.45) is 3.45. The van der Waals surface area contributed by atoms with Crippen molar-refractivity contribution in [3.05, 3.63) is 59.7 Å². The zero-order valence-corrected chi connectivity index (χ0v) is 15.2. The minimum atomic E-state index is -0.591. The van der Waals surface area contributed by atoms with Gasteiger partial charge in [0.25, 0.3) is 5.91 Å². The molecule has 0 aromatic heterocycles. The smallest absolute Gasteiger partial charge is 0.257 e. The van der Waals surface area contributed by atoms with Crippen molar-refractivity contribution in [1.29, 1.82) is 0 Å². The van der Waals surface area contributed by atoms with Gasteiger partial charge in [-0.1, -0.05) is 44.0 Å². The van der Waals surface area contributed by atoms with E-state index < -0.39 is 5.66 Å². The number of carbonyl (C=O) groups excluding carboxylic acids is 1. The molecular weight excluding hydrogens is 312 g/mol. The molecule has 4 heteroatoms. The first-order chi connectivity index (χ1) is 12.1. The van der Waals surface area contributed by atoms with Gasteiger partial charge in [0, 0.05) is 12.7 Å². The van der Waals surface area contributed by atoms with Crippen LogP contribution in [0.25, 0.3) is 0 Å². The van der Waals surface area contributed by atoms with E-state index in [1.165, 1.54) is 12.8 Å². The summed E-state index contributed by atoms with van der Waals surface area (Å²) in [7, 11) is 1.83. The minimum absolute atomic E-state index is 0.0248. The van der Waals surface area contributed by atoms with Gasteiger partial charge in [-0.25, -0.2) is 0 Å². The molecule has 0 bridgehead atoms. The Morgan fingerprint density at radius 2 is 1.80 bits per heavy atom. The summed E-state index contributed by atoms with van der Waals surface area (Å²) >= 11 is 0. The first kappa shape index (κ1) is 17.3. The van der Waals surface area contributed by atoms with E-state index >= 15 is 0 Å². The molecule has 2 aromatic carbocycles. The highest BCUT2D eigenvalue weighted by molar-refractivity contribution is 6.02. The molecule has 3 rings (SSSR count). The molecule has 1 unspecified atom stereocenters. The molecule has 0 saturated carbocycles. The highest BCUT2D eigenvalue weighted by Gasteiger charge is 2.40. The lowest BCUT2D eigenvalue weighted by atomic mass is 9.94. The van der Waals surface area contributed by atoms with E-state index in [1.807, 2.05) is 62.5 Å². The zero-order valence-electron chi connectivity index (χ0n) is 15.2. The molecule has 2 aromatic rings. The fraction of sp³-hybridized carbons (Fsp3) is 0.381. The number of anilines is 1. The lowest BCUT2D eigenvalue weighted by Gasteiger charge is -2.44. The molecule has 132 valence electrons. The van der Waals surface area contributed by atoms with Crippen LogP contribution in [0.3, 0.4) is 0 Å². The molecule has 1 aliphatic heterocycles. The molecular formula is C21H26N2O2.